The average Bonchev–Trinajstić information content (AvgIpc) is 3.28. The zero-order valence-corrected chi connectivity index (χ0v) is 16.4. The van der Waals surface area contributed by atoms with Crippen LogP contribution in [0.4, 0.5) is 5.69 Å². The first-order valence-corrected chi connectivity index (χ1v) is 9.72. The number of benzene rings is 3. The van der Waals surface area contributed by atoms with Crippen LogP contribution in [0.25, 0.3) is 0 Å². The normalized spacial score (nSPS) is 16.8. The summed E-state index contributed by atoms with van der Waals surface area (Å²) in [6, 6.07) is 20.0. The highest BCUT2D eigenvalue weighted by atomic mass is 16.7. The summed E-state index contributed by atoms with van der Waals surface area (Å²) in [7, 11) is 0. The van der Waals surface area contributed by atoms with Crippen LogP contribution in [0.2, 0.25) is 0 Å². The quantitative estimate of drug-likeness (QED) is 0.700. The molecule has 3 aromatic rings. The van der Waals surface area contributed by atoms with Crippen molar-refractivity contribution < 1.29 is 14.3 Å². The molecule has 1 atom stereocenters. The van der Waals surface area contributed by atoms with E-state index in [0.29, 0.717) is 6.54 Å². The molecule has 0 unspecified atom stereocenters. The van der Waals surface area contributed by atoms with Gasteiger partial charge < -0.3 is 19.7 Å². The lowest BCUT2D eigenvalue weighted by Crippen LogP contribution is -2.32. The molecular weight excluding hydrogens is 364 g/mol. The maximum absolute atomic E-state index is 13.2. The van der Waals surface area contributed by atoms with Gasteiger partial charge in [-0.15, -0.1) is 0 Å². The van der Waals surface area contributed by atoms with E-state index in [0.717, 1.165) is 39.4 Å². The Labute approximate surface area is 169 Å². The Morgan fingerprint density at radius 1 is 1.00 bits per heavy atom. The second-order valence-electron chi connectivity index (χ2n) is 7.57. The number of aryl methyl sites for hydroxylation is 2. The van der Waals surface area contributed by atoms with Crippen molar-refractivity contribution >= 4 is 11.6 Å². The van der Waals surface area contributed by atoms with E-state index in [9.17, 15) is 4.79 Å². The van der Waals surface area contributed by atoms with Crippen LogP contribution < -0.4 is 14.8 Å². The molecule has 0 aromatic heterocycles. The van der Waals surface area contributed by atoms with Gasteiger partial charge in [0, 0.05) is 23.4 Å². The van der Waals surface area contributed by atoms with Gasteiger partial charge >= 0.3 is 0 Å². The van der Waals surface area contributed by atoms with Gasteiger partial charge in [0.25, 0.3) is 5.91 Å². The SMILES string of the molecule is Cc1ccc(N[C@H]2c3ccccc3C(=O)N2Cc2ccc3c(c2)OCO3)c(C)c1. The number of nitrogens with zero attached hydrogens (tertiary/aromatic N) is 1. The highest BCUT2D eigenvalue weighted by Crippen LogP contribution is 2.38. The first-order valence-electron chi connectivity index (χ1n) is 9.72. The summed E-state index contributed by atoms with van der Waals surface area (Å²) in [6.45, 7) is 4.88. The van der Waals surface area contributed by atoms with E-state index in [1.165, 1.54) is 5.56 Å². The third kappa shape index (κ3) is 3.09. The lowest BCUT2D eigenvalue weighted by atomic mass is 10.1. The van der Waals surface area contributed by atoms with Gasteiger partial charge in [-0.25, -0.2) is 0 Å². The Morgan fingerprint density at radius 3 is 2.69 bits per heavy atom. The van der Waals surface area contributed by atoms with Gasteiger partial charge in [-0.3, -0.25) is 4.79 Å². The summed E-state index contributed by atoms with van der Waals surface area (Å²) >= 11 is 0. The number of carbonyl (C=O) groups excluding carboxylic acids is 1. The smallest absolute Gasteiger partial charge is 0.256 e. The molecule has 29 heavy (non-hydrogen) atoms. The minimum absolute atomic E-state index is 0.0283. The number of rotatable bonds is 4. The summed E-state index contributed by atoms with van der Waals surface area (Å²) in [5, 5.41) is 3.59. The monoisotopic (exact) mass is 386 g/mol. The van der Waals surface area contributed by atoms with Crippen LogP contribution in [0.3, 0.4) is 0 Å². The van der Waals surface area contributed by atoms with Crippen molar-refractivity contribution in [1.29, 1.82) is 0 Å². The van der Waals surface area contributed by atoms with Crippen molar-refractivity contribution in [2.24, 2.45) is 0 Å². The van der Waals surface area contributed by atoms with Gasteiger partial charge in [0.2, 0.25) is 6.79 Å². The molecule has 0 saturated carbocycles. The Balaban J connectivity index is 1.49. The predicted octanol–water partition coefficient (Wildman–Crippen LogP) is 4.80. The number of anilines is 1. The van der Waals surface area contributed by atoms with Crippen LogP contribution in [0, 0.1) is 13.8 Å². The summed E-state index contributed by atoms with van der Waals surface area (Å²) in [5.41, 5.74) is 6.15. The molecule has 0 aliphatic carbocycles. The molecule has 0 radical (unpaired) electrons. The summed E-state index contributed by atoms with van der Waals surface area (Å²) in [6.07, 6.45) is -0.231. The number of nitrogens with one attached hydrogen (secondary N) is 1. The number of carbonyl (C=O) groups is 1. The average molecular weight is 386 g/mol. The number of amides is 1. The second kappa shape index (κ2) is 6.85. The minimum Gasteiger partial charge on any atom is -0.454 e. The number of hydrogen-bond donors (Lipinski definition) is 1. The highest BCUT2D eigenvalue weighted by Gasteiger charge is 2.36. The fourth-order valence-electron chi connectivity index (χ4n) is 4.05. The molecule has 146 valence electrons. The van der Waals surface area contributed by atoms with Crippen molar-refractivity contribution in [3.63, 3.8) is 0 Å². The van der Waals surface area contributed by atoms with Crippen LogP contribution in [0.1, 0.15) is 38.8 Å². The molecular formula is C24H22N2O3. The first-order chi connectivity index (χ1) is 14.1. The standard InChI is InChI=1S/C24H22N2O3/c1-15-7-9-20(16(2)11-15)25-23-18-5-3-4-6-19(18)24(27)26(23)13-17-8-10-21-22(12-17)29-14-28-21/h3-12,23,25H,13-14H2,1-2H3/t23-/m1/s1. The molecule has 0 fully saturated rings. The van der Waals surface area contributed by atoms with Gasteiger partial charge in [-0.2, -0.15) is 0 Å². The highest BCUT2D eigenvalue weighted by molar-refractivity contribution is 5.99. The lowest BCUT2D eigenvalue weighted by Gasteiger charge is -2.28. The van der Waals surface area contributed by atoms with Gasteiger partial charge in [0.15, 0.2) is 11.5 Å². The van der Waals surface area contributed by atoms with Gasteiger partial charge in [0.1, 0.15) is 6.17 Å². The van der Waals surface area contributed by atoms with Gasteiger partial charge in [0.05, 0.1) is 0 Å². The van der Waals surface area contributed by atoms with E-state index in [4.69, 9.17) is 9.47 Å². The van der Waals surface area contributed by atoms with Crippen LogP contribution >= 0.6 is 0 Å². The van der Waals surface area contributed by atoms with Crippen LogP contribution in [0.15, 0.2) is 60.7 Å². The number of hydrogen-bond acceptors (Lipinski definition) is 4. The summed E-state index contributed by atoms with van der Waals surface area (Å²) in [4.78, 5) is 15.1. The first kappa shape index (κ1) is 17.6. The second-order valence-corrected chi connectivity index (χ2v) is 7.57. The minimum atomic E-state index is -0.231. The molecule has 0 spiro atoms. The molecule has 3 aromatic carbocycles. The molecule has 2 aliphatic heterocycles. The third-order valence-corrected chi connectivity index (χ3v) is 5.52. The van der Waals surface area contributed by atoms with E-state index in [2.05, 4.69) is 37.4 Å². The Hall–Kier alpha value is -3.47. The molecule has 2 aliphatic rings. The van der Waals surface area contributed by atoms with E-state index < -0.39 is 0 Å². The van der Waals surface area contributed by atoms with Gasteiger partial charge in [-0.1, -0.05) is 42.0 Å². The van der Waals surface area contributed by atoms with E-state index >= 15 is 0 Å². The van der Waals surface area contributed by atoms with Crippen LogP contribution in [0.5, 0.6) is 11.5 Å². The van der Waals surface area contributed by atoms with Crippen molar-refractivity contribution in [2.75, 3.05) is 12.1 Å². The van der Waals surface area contributed by atoms with Crippen LogP contribution in [-0.2, 0) is 6.54 Å². The number of fused-ring (bicyclic) bond motifs is 2. The lowest BCUT2D eigenvalue weighted by molar-refractivity contribution is 0.0728. The van der Waals surface area contributed by atoms with E-state index in [1.54, 1.807) is 0 Å². The van der Waals surface area contributed by atoms with Crippen molar-refractivity contribution in [3.8, 4) is 11.5 Å². The van der Waals surface area contributed by atoms with Crippen molar-refractivity contribution in [3.05, 3.63) is 88.5 Å². The molecule has 5 rings (SSSR count). The van der Waals surface area contributed by atoms with E-state index in [1.807, 2.05) is 47.4 Å². The Kier molecular flexibility index (Phi) is 4.16. The molecule has 0 bridgehead atoms. The summed E-state index contributed by atoms with van der Waals surface area (Å²) < 4.78 is 10.9. The molecule has 1 amide bonds. The zero-order valence-electron chi connectivity index (χ0n) is 16.4. The van der Waals surface area contributed by atoms with E-state index in [-0.39, 0.29) is 18.9 Å². The fourth-order valence-corrected chi connectivity index (χ4v) is 4.05. The predicted molar refractivity (Wildman–Crippen MR) is 111 cm³/mol. The topological polar surface area (TPSA) is 50.8 Å². The molecule has 5 nitrogen and oxygen atoms in total. The summed E-state index contributed by atoms with van der Waals surface area (Å²) in [5.74, 6) is 1.50. The number of ether oxygens (including phenoxy) is 2. The third-order valence-electron chi connectivity index (χ3n) is 5.52. The maximum Gasteiger partial charge on any atom is 0.256 e. The maximum atomic E-state index is 13.2. The molecule has 2 heterocycles. The fraction of sp³-hybridized carbons (Fsp3) is 0.208. The van der Waals surface area contributed by atoms with Crippen molar-refractivity contribution in [1.82, 2.24) is 4.90 Å². The van der Waals surface area contributed by atoms with Gasteiger partial charge in [-0.05, 0) is 49.2 Å². The Morgan fingerprint density at radius 2 is 1.83 bits per heavy atom. The molecule has 0 saturated heterocycles. The largest absolute Gasteiger partial charge is 0.454 e. The molecule has 5 heteroatoms. The van der Waals surface area contributed by atoms with Crippen LogP contribution in [-0.4, -0.2) is 17.6 Å². The van der Waals surface area contributed by atoms with Crippen molar-refractivity contribution in [2.45, 2.75) is 26.6 Å². The Bertz CT molecular complexity index is 1110. The molecule has 1 N–H and O–H groups in total. The zero-order chi connectivity index (χ0) is 20.0.